The van der Waals surface area contributed by atoms with Crippen molar-refractivity contribution in [3.8, 4) is 11.1 Å². The molecule has 7 heteroatoms. The molecule has 2 atom stereocenters. The first-order chi connectivity index (χ1) is 14.0. The van der Waals surface area contributed by atoms with Crippen LogP contribution in [0.4, 0.5) is 21.7 Å². The first-order valence-corrected chi connectivity index (χ1v) is 9.70. The lowest BCUT2D eigenvalue weighted by atomic mass is 10.1. The van der Waals surface area contributed by atoms with Crippen LogP contribution in [0.25, 0.3) is 11.1 Å². The minimum atomic E-state index is -0.439. The number of anilines is 3. The van der Waals surface area contributed by atoms with Crippen LogP contribution in [0.2, 0.25) is 0 Å². The number of ether oxygens (including phenoxy) is 1. The zero-order valence-corrected chi connectivity index (χ0v) is 16.8. The number of hydrogen-bond acceptors (Lipinski definition) is 6. The summed E-state index contributed by atoms with van der Waals surface area (Å²) in [4.78, 5) is 6.37. The Morgan fingerprint density at radius 3 is 2.48 bits per heavy atom. The fourth-order valence-electron chi connectivity index (χ4n) is 3.53. The third-order valence-corrected chi connectivity index (χ3v) is 4.89. The van der Waals surface area contributed by atoms with Crippen molar-refractivity contribution in [2.24, 2.45) is 0 Å². The average molecular weight is 393 g/mol. The quantitative estimate of drug-likeness (QED) is 0.711. The summed E-state index contributed by atoms with van der Waals surface area (Å²) < 4.78 is 20.2. The Bertz CT molecular complexity index is 985. The summed E-state index contributed by atoms with van der Waals surface area (Å²) in [6.07, 6.45) is 3.12. The maximum atomic E-state index is 14.4. The Balaban J connectivity index is 1.58. The van der Waals surface area contributed by atoms with E-state index in [-0.39, 0.29) is 12.2 Å². The van der Waals surface area contributed by atoms with Gasteiger partial charge in [0.2, 0.25) is 0 Å². The van der Waals surface area contributed by atoms with Crippen LogP contribution in [-0.4, -0.2) is 40.5 Å². The lowest BCUT2D eigenvalue weighted by molar-refractivity contribution is -0.00545. The molecule has 4 rings (SSSR count). The minimum absolute atomic E-state index is 0.0964. The van der Waals surface area contributed by atoms with Crippen molar-refractivity contribution in [3.63, 3.8) is 0 Å². The number of benzene rings is 1. The lowest BCUT2D eigenvalue weighted by Gasteiger charge is -2.36. The smallest absolute Gasteiger partial charge is 0.165 e. The van der Waals surface area contributed by atoms with Gasteiger partial charge in [-0.1, -0.05) is 29.8 Å². The molecule has 1 saturated heterocycles. The van der Waals surface area contributed by atoms with Gasteiger partial charge in [0.1, 0.15) is 5.82 Å². The largest absolute Gasteiger partial charge is 0.372 e. The van der Waals surface area contributed by atoms with Gasteiger partial charge in [-0.15, -0.1) is 5.10 Å². The van der Waals surface area contributed by atoms with E-state index in [9.17, 15) is 4.39 Å². The molecule has 29 heavy (non-hydrogen) atoms. The van der Waals surface area contributed by atoms with Gasteiger partial charge in [-0.25, -0.2) is 9.37 Å². The Morgan fingerprint density at radius 2 is 1.76 bits per heavy atom. The van der Waals surface area contributed by atoms with Crippen molar-refractivity contribution in [1.29, 1.82) is 0 Å². The number of nitrogens with one attached hydrogen (secondary N) is 1. The Hall–Kier alpha value is -3.06. The molecule has 0 radical (unpaired) electrons. The summed E-state index contributed by atoms with van der Waals surface area (Å²) in [6.45, 7) is 7.52. The fourth-order valence-corrected chi connectivity index (χ4v) is 3.53. The Kier molecular flexibility index (Phi) is 5.40. The van der Waals surface area contributed by atoms with Gasteiger partial charge in [0.25, 0.3) is 0 Å². The van der Waals surface area contributed by atoms with Gasteiger partial charge >= 0.3 is 0 Å². The van der Waals surface area contributed by atoms with Gasteiger partial charge in [0.05, 0.1) is 30.3 Å². The molecule has 1 fully saturated rings. The second-order valence-corrected chi connectivity index (χ2v) is 7.51. The molecule has 1 aliphatic heterocycles. The van der Waals surface area contributed by atoms with Crippen LogP contribution in [0, 0.1) is 12.7 Å². The van der Waals surface area contributed by atoms with Crippen molar-refractivity contribution in [3.05, 3.63) is 60.2 Å². The van der Waals surface area contributed by atoms with E-state index < -0.39 is 5.82 Å². The number of hydrogen-bond donors (Lipinski definition) is 1. The number of morpholine rings is 1. The molecule has 3 heterocycles. The van der Waals surface area contributed by atoms with E-state index in [0.29, 0.717) is 30.4 Å². The molecule has 1 N–H and O–H groups in total. The van der Waals surface area contributed by atoms with E-state index in [1.54, 1.807) is 12.3 Å². The van der Waals surface area contributed by atoms with E-state index in [0.717, 1.165) is 11.1 Å². The maximum Gasteiger partial charge on any atom is 0.165 e. The van der Waals surface area contributed by atoms with E-state index in [2.05, 4.69) is 25.4 Å². The first-order valence-electron chi connectivity index (χ1n) is 9.70. The van der Waals surface area contributed by atoms with Gasteiger partial charge in [0, 0.05) is 24.7 Å². The minimum Gasteiger partial charge on any atom is -0.372 e. The molecular weight excluding hydrogens is 369 g/mol. The highest BCUT2D eigenvalue weighted by atomic mass is 19.1. The summed E-state index contributed by atoms with van der Waals surface area (Å²) in [5, 5.41) is 11.2. The van der Waals surface area contributed by atoms with Gasteiger partial charge < -0.3 is 15.0 Å². The standard InChI is InChI=1S/C22H24FN5O/c1-14-4-6-17(7-5-14)18-8-21(27-25-10-18)26-20-9-22(24-11-19(20)23)28-12-15(2)29-16(3)13-28/h4-11,15-16H,12-13H2,1-3H3,(H,24,26,27)/t15-,16+. The van der Waals surface area contributed by atoms with Crippen molar-refractivity contribution in [1.82, 2.24) is 15.2 Å². The lowest BCUT2D eigenvalue weighted by Crippen LogP contribution is -2.45. The predicted molar refractivity (Wildman–Crippen MR) is 112 cm³/mol. The number of pyridine rings is 1. The molecule has 0 amide bonds. The monoisotopic (exact) mass is 393 g/mol. The Morgan fingerprint density at radius 1 is 1.03 bits per heavy atom. The summed E-state index contributed by atoms with van der Waals surface area (Å²) in [5.41, 5.74) is 3.44. The maximum absolute atomic E-state index is 14.4. The van der Waals surface area contributed by atoms with Gasteiger partial charge in [-0.05, 0) is 32.4 Å². The third kappa shape index (κ3) is 4.51. The second-order valence-electron chi connectivity index (χ2n) is 7.51. The van der Waals surface area contributed by atoms with Crippen LogP contribution in [0.5, 0.6) is 0 Å². The molecular formula is C22H24FN5O. The van der Waals surface area contributed by atoms with E-state index in [4.69, 9.17) is 4.74 Å². The SMILES string of the molecule is Cc1ccc(-c2cnnc(Nc3cc(N4C[C@@H](C)O[C@@H](C)C4)ncc3F)c2)cc1. The van der Waals surface area contributed by atoms with Crippen LogP contribution in [0.1, 0.15) is 19.4 Å². The molecule has 0 bridgehead atoms. The summed E-state index contributed by atoms with van der Waals surface area (Å²) in [7, 11) is 0. The second kappa shape index (κ2) is 8.13. The van der Waals surface area contributed by atoms with Gasteiger partial charge in [-0.3, -0.25) is 0 Å². The fraction of sp³-hybridized carbons (Fsp3) is 0.318. The molecule has 0 unspecified atom stereocenters. The van der Waals surface area contributed by atoms with Crippen LogP contribution in [-0.2, 0) is 4.74 Å². The number of rotatable bonds is 4. The molecule has 3 aromatic rings. The molecule has 1 aromatic carbocycles. The molecule has 0 spiro atoms. The number of nitrogens with zero attached hydrogens (tertiary/aromatic N) is 4. The van der Waals surface area contributed by atoms with Gasteiger partial charge in [-0.2, -0.15) is 5.10 Å². The highest BCUT2D eigenvalue weighted by molar-refractivity contribution is 5.68. The predicted octanol–water partition coefficient (Wildman–Crippen LogP) is 4.34. The van der Waals surface area contributed by atoms with Crippen LogP contribution in [0.15, 0.2) is 48.8 Å². The normalized spacial score (nSPS) is 19.2. The number of aromatic nitrogens is 3. The molecule has 1 aliphatic rings. The highest BCUT2D eigenvalue weighted by Crippen LogP contribution is 2.27. The zero-order chi connectivity index (χ0) is 20.4. The van der Waals surface area contributed by atoms with Crippen molar-refractivity contribution in [2.45, 2.75) is 33.0 Å². The molecule has 150 valence electrons. The van der Waals surface area contributed by atoms with Crippen molar-refractivity contribution in [2.75, 3.05) is 23.3 Å². The molecule has 2 aromatic heterocycles. The average Bonchev–Trinajstić information content (AvgIpc) is 2.70. The molecule has 0 aliphatic carbocycles. The number of aryl methyl sites for hydroxylation is 1. The van der Waals surface area contributed by atoms with Crippen LogP contribution >= 0.6 is 0 Å². The van der Waals surface area contributed by atoms with Crippen molar-refractivity contribution < 1.29 is 9.13 Å². The Labute approximate surface area is 169 Å². The summed E-state index contributed by atoms with van der Waals surface area (Å²) >= 11 is 0. The summed E-state index contributed by atoms with van der Waals surface area (Å²) in [5.74, 6) is 0.743. The number of halogens is 1. The highest BCUT2D eigenvalue weighted by Gasteiger charge is 2.23. The zero-order valence-electron chi connectivity index (χ0n) is 16.8. The van der Waals surface area contributed by atoms with Crippen molar-refractivity contribution >= 4 is 17.3 Å². The van der Waals surface area contributed by atoms with Crippen LogP contribution < -0.4 is 10.2 Å². The van der Waals surface area contributed by atoms with E-state index in [1.165, 1.54) is 11.8 Å². The van der Waals surface area contributed by atoms with E-state index in [1.807, 2.05) is 51.1 Å². The van der Waals surface area contributed by atoms with Crippen LogP contribution in [0.3, 0.4) is 0 Å². The molecule has 0 saturated carbocycles. The third-order valence-electron chi connectivity index (χ3n) is 4.89. The first kappa shape index (κ1) is 19.3. The molecule has 6 nitrogen and oxygen atoms in total. The van der Waals surface area contributed by atoms with Gasteiger partial charge in [0.15, 0.2) is 11.6 Å². The topological polar surface area (TPSA) is 63.2 Å². The van der Waals surface area contributed by atoms with E-state index >= 15 is 0 Å². The summed E-state index contributed by atoms with van der Waals surface area (Å²) in [6, 6.07) is 11.7.